The zero-order valence-corrected chi connectivity index (χ0v) is 9.86. The molecule has 1 rings (SSSR count). The van der Waals surface area contributed by atoms with E-state index in [1.54, 1.807) is 6.07 Å². The van der Waals surface area contributed by atoms with Gasteiger partial charge in [0.1, 0.15) is 0 Å². The number of benzene rings is 1. The Morgan fingerprint density at radius 1 is 1.25 bits per heavy atom. The minimum atomic E-state index is 0.662. The lowest BCUT2D eigenvalue weighted by atomic mass is 10.1. The maximum atomic E-state index is 10.8. The number of rotatable bonds is 4. The van der Waals surface area contributed by atoms with Gasteiger partial charge in [-0.1, -0.05) is 43.9 Å². The predicted molar refractivity (Wildman–Crippen MR) is 66.5 cm³/mol. The summed E-state index contributed by atoms with van der Waals surface area (Å²) in [6, 6.07) is 7.40. The fourth-order valence-electron chi connectivity index (χ4n) is 1.41. The van der Waals surface area contributed by atoms with E-state index in [0.717, 1.165) is 31.5 Å². The van der Waals surface area contributed by atoms with Crippen LogP contribution in [0.25, 0.3) is 0 Å². The summed E-state index contributed by atoms with van der Waals surface area (Å²) in [7, 11) is 0. The van der Waals surface area contributed by atoms with Crippen molar-refractivity contribution >= 4 is 6.29 Å². The van der Waals surface area contributed by atoms with Gasteiger partial charge in [0, 0.05) is 11.1 Å². The summed E-state index contributed by atoms with van der Waals surface area (Å²) in [4.78, 5) is 13.0. The maximum Gasteiger partial charge on any atom is 0.151 e. The molecule has 16 heavy (non-hydrogen) atoms. The Morgan fingerprint density at radius 3 is 2.56 bits per heavy atom. The Kier molecular flexibility index (Phi) is 5.31. The highest BCUT2D eigenvalue weighted by Crippen LogP contribution is 2.03. The van der Waals surface area contributed by atoms with Gasteiger partial charge in [-0.25, -0.2) is 0 Å². The zero-order chi connectivity index (χ0) is 11.8. The van der Waals surface area contributed by atoms with Crippen molar-refractivity contribution < 1.29 is 4.79 Å². The molecule has 0 radical (unpaired) electrons. The van der Waals surface area contributed by atoms with Crippen LogP contribution in [0.3, 0.4) is 0 Å². The van der Waals surface area contributed by atoms with Crippen molar-refractivity contribution in [1.82, 2.24) is 4.90 Å². The SMILES string of the molecule is CCN(CC)CC#Cc1ccccc1C=O. The molecule has 0 aliphatic heterocycles. The molecule has 0 aliphatic carbocycles. The number of aldehydes is 1. The molecule has 0 amide bonds. The standard InChI is InChI=1S/C14H17NO/c1-3-15(4-2)11-7-10-13-8-5-6-9-14(13)12-16/h5-6,8-9,12H,3-4,11H2,1-2H3. The fourth-order valence-corrected chi connectivity index (χ4v) is 1.41. The number of hydrogen-bond acceptors (Lipinski definition) is 2. The summed E-state index contributed by atoms with van der Waals surface area (Å²) in [5.74, 6) is 6.14. The van der Waals surface area contributed by atoms with Gasteiger partial charge in [-0.3, -0.25) is 9.69 Å². The Bertz CT molecular complexity index is 397. The Balaban J connectivity index is 2.72. The van der Waals surface area contributed by atoms with Crippen LogP contribution in [0.2, 0.25) is 0 Å². The first-order chi connectivity index (χ1) is 7.81. The zero-order valence-electron chi connectivity index (χ0n) is 9.86. The lowest BCUT2D eigenvalue weighted by Gasteiger charge is -2.13. The van der Waals surface area contributed by atoms with Gasteiger partial charge in [0.05, 0.1) is 6.54 Å². The van der Waals surface area contributed by atoms with Gasteiger partial charge >= 0.3 is 0 Å². The van der Waals surface area contributed by atoms with E-state index in [1.165, 1.54) is 0 Å². The summed E-state index contributed by atoms with van der Waals surface area (Å²) in [5.41, 5.74) is 1.47. The average Bonchev–Trinajstić information content (AvgIpc) is 2.35. The smallest absolute Gasteiger partial charge is 0.151 e. The molecule has 0 spiro atoms. The fraction of sp³-hybridized carbons (Fsp3) is 0.357. The van der Waals surface area contributed by atoms with Crippen LogP contribution in [0.1, 0.15) is 29.8 Å². The molecular formula is C14H17NO. The van der Waals surface area contributed by atoms with Crippen molar-refractivity contribution in [2.45, 2.75) is 13.8 Å². The van der Waals surface area contributed by atoms with Crippen LogP contribution in [0.5, 0.6) is 0 Å². The first kappa shape index (κ1) is 12.5. The minimum absolute atomic E-state index is 0.662. The molecule has 0 heterocycles. The molecule has 2 heteroatoms. The van der Waals surface area contributed by atoms with Gasteiger partial charge in [-0.2, -0.15) is 0 Å². The van der Waals surface area contributed by atoms with Crippen LogP contribution in [-0.4, -0.2) is 30.8 Å². The molecule has 1 aromatic rings. The minimum Gasteiger partial charge on any atom is -0.298 e. The molecule has 0 bridgehead atoms. The summed E-state index contributed by atoms with van der Waals surface area (Å²) >= 11 is 0. The van der Waals surface area contributed by atoms with E-state index in [-0.39, 0.29) is 0 Å². The molecule has 0 saturated heterocycles. The highest BCUT2D eigenvalue weighted by Gasteiger charge is 1.96. The van der Waals surface area contributed by atoms with Gasteiger partial charge in [0.25, 0.3) is 0 Å². The van der Waals surface area contributed by atoms with E-state index < -0.39 is 0 Å². The van der Waals surface area contributed by atoms with E-state index in [2.05, 4.69) is 30.6 Å². The average molecular weight is 215 g/mol. The molecule has 0 atom stereocenters. The van der Waals surface area contributed by atoms with Crippen molar-refractivity contribution in [1.29, 1.82) is 0 Å². The summed E-state index contributed by atoms with van der Waals surface area (Å²) in [5, 5.41) is 0. The second-order valence-corrected chi connectivity index (χ2v) is 3.47. The molecule has 0 aliphatic rings. The highest BCUT2D eigenvalue weighted by atomic mass is 16.1. The largest absolute Gasteiger partial charge is 0.298 e. The first-order valence-corrected chi connectivity index (χ1v) is 5.57. The van der Waals surface area contributed by atoms with Crippen molar-refractivity contribution in [3.8, 4) is 11.8 Å². The van der Waals surface area contributed by atoms with E-state index in [1.807, 2.05) is 18.2 Å². The van der Waals surface area contributed by atoms with Crippen molar-refractivity contribution in [2.75, 3.05) is 19.6 Å². The molecular weight excluding hydrogens is 198 g/mol. The van der Waals surface area contributed by atoms with E-state index in [0.29, 0.717) is 5.56 Å². The number of nitrogens with zero attached hydrogens (tertiary/aromatic N) is 1. The quantitative estimate of drug-likeness (QED) is 0.567. The Morgan fingerprint density at radius 2 is 1.94 bits per heavy atom. The van der Waals surface area contributed by atoms with E-state index in [4.69, 9.17) is 0 Å². The number of carbonyl (C=O) groups is 1. The van der Waals surface area contributed by atoms with Gasteiger partial charge in [-0.15, -0.1) is 0 Å². The van der Waals surface area contributed by atoms with Crippen LogP contribution in [0, 0.1) is 11.8 Å². The second kappa shape index (κ2) is 6.81. The van der Waals surface area contributed by atoms with Crippen molar-refractivity contribution in [2.24, 2.45) is 0 Å². The Hall–Kier alpha value is -1.59. The Labute approximate surface area is 97.3 Å². The van der Waals surface area contributed by atoms with Crippen LogP contribution >= 0.6 is 0 Å². The molecule has 0 aromatic heterocycles. The predicted octanol–water partition coefficient (Wildman–Crippen LogP) is 2.19. The van der Waals surface area contributed by atoms with E-state index in [9.17, 15) is 4.79 Å². The van der Waals surface area contributed by atoms with Crippen LogP contribution < -0.4 is 0 Å². The normalized spacial score (nSPS) is 9.69. The summed E-state index contributed by atoms with van der Waals surface area (Å²) in [6.45, 7) is 6.98. The second-order valence-electron chi connectivity index (χ2n) is 3.47. The van der Waals surface area contributed by atoms with Crippen LogP contribution in [-0.2, 0) is 0 Å². The molecule has 0 fully saturated rings. The van der Waals surface area contributed by atoms with Gasteiger partial charge in [0.15, 0.2) is 6.29 Å². The van der Waals surface area contributed by atoms with Crippen molar-refractivity contribution in [3.63, 3.8) is 0 Å². The van der Waals surface area contributed by atoms with Gasteiger partial charge < -0.3 is 0 Å². The third-order valence-electron chi connectivity index (χ3n) is 2.51. The lowest BCUT2D eigenvalue weighted by molar-refractivity contribution is 0.112. The molecule has 0 saturated carbocycles. The topological polar surface area (TPSA) is 20.3 Å². The number of carbonyl (C=O) groups excluding carboxylic acids is 1. The number of hydrogen-bond donors (Lipinski definition) is 0. The summed E-state index contributed by atoms with van der Waals surface area (Å²) < 4.78 is 0. The van der Waals surface area contributed by atoms with Crippen LogP contribution in [0.4, 0.5) is 0 Å². The summed E-state index contributed by atoms with van der Waals surface area (Å²) in [6.07, 6.45) is 0.849. The maximum absolute atomic E-state index is 10.8. The lowest BCUT2D eigenvalue weighted by Crippen LogP contribution is -2.22. The third kappa shape index (κ3) is 3.52. The monoisotopic (exact) mass is 215 g/mol. The molecule has 84 valence electrons. The molecule has 2 nitrogen and oxygen atoms in total. The molecule has 1 aromatic carbocycles. The van der Waals surface area contributed by atoms with Crippen molar-refractivity contribution in [3.05, 3.63) is 35.4 Å². The molecule has 0 unspecified atom stereocenters. The van der Waals surface area contributed by atoms with Gasteiger partial charge in [0.2, 0.25) is 0 Å². The van der Waals surface area contributed by atoms with E-state index >= 15 is 0 Å². The molecule has 0 N–H and O–H groups in total. The third-order valence-corrected chi connectivity index (χ3v) is 2.51. The highest BCUT2D eigenvalue weighted by molar-refractivity contribution is 5.79. The first-order valence-electron chi connectivity index (χ1n) is 5.57. The van der Waals surface area contributed by atoms with Gasteiger partial charge in [-0.05, 0) is 19.2 Å². The van der Waals surface area contributed by atoms with Crippen LogP contribution in [0.15, 0.2) is 24.3 Å².